The van der Waals surface area contributed by atoms with Gasteiger partial charge >= 0.3 is 5.97 Å². The van der Waals surface area contributed by atoms with Crippen molar-refractivity contribution in [3.63, 3.8) is 0 Å². The zero-order valence-corrected chi connectivity index (χ0v) is 13.4. The summed E-state index contributed by atoms with van der Waals surface area (Å²) in [6.07, 6.45) is 1.78. The highest BCUT2D eigenvalue weighted by Gasteiger charge is 2.47. The van der Waals surface area contributed by atoms with Crippen molar-refractivity contribution in [2.75, 3.05) is 19.7 Å². The normalized spacial score (nSPS) is 27.9. The zero-order chi connectivity index (χ0) is 12.6. The van der Waals surface area contributed by atoms with Crippen LogP contribution in [0.2, 0.25) is 0 Å². The minimum atomic E-state index is -0.389. The lowest BCUT2D eigenvalue weighted by Gasteiger charge is -2.36. The minimum Gasteiger partial charge on any atom is -1.00 e. The third-order valence-corrected chi connectivity index (χ3v) is 4.30. The predicted octanol–water partition coefficient (Wildman–Crippen LogP) is -0.899. The molecule has 1 aromatic rings. The minimum absolute atomic E-state index is 0. The molecule has 4 heteroatoms. The quantitative estimate of drug-likeness (QED) is 0.498. The molecular weight excluding hydrogens is 353 g/mol. The van der Waals surface area contributed by atoms with E-state index in [4.69, 9.17) is 4.74 Å². The van der Waals surface area contributed by atoms with Crippen molar-refractivity contribution in [2.24, 2.45) is 0 Å². The van der Waals surface area contributed by atoms with E-state index in [-0.39, 0.29) is 35.4 Å². The van der Waals surface area contributed by atoms with Crippen molar-refractivity contribution in [1.29, 1.82) is 0 Å². The number of rotatable bonds is 2. The molecule has 104 valence electrons. The molecule has 0 N–H and O–H groups in total. The number of hydrogen-bond donors (Lipinski definition) is 0. The second-order valence-electron chi connectivity index (χ2n) is 5.24. The van der Waals surface area contributed by atoms with Crippen molar-refractivity contribution in [2.45, 2.75) is 31.7 Å². The Hall–Kier alpha value is -0.620. The Bertz CT molecular complexity index is 467. The molecule has 0 aliphatic carbocycles. The van der Waals surface area contributed by atoms with Crippen LogP contribution in [0.5, 0.6) is 0 Å². The first-order valence-corrected chi connectivity index (χ1v) is 6.74. The molecule has 1 fully saturated rings. The average Bonchev–Trinajstić information content (AvgIpc) is 2.66. The molecule has 0 saturated carbocycles. The number of ether oxygens (including phenoxy) is 1. The maximum Gasteiger partial charge on any atom is 0.316 e. The van der Waals surface area contributed by atoms with E-state index in [1.54, 1.807) is 0 Å². The summed E-state index contributed by atoms with van der Waals surface area (Å²) in [6.45, 7) is 5.30. The van der Waals surface area contributed by atoms with Crippen LogP contribution in [0.4, 0.5) is 0 Å². The van der Waals surface area contributed by atoms with E-state index in [1.807, 2.05) is 13.0 Å². The molecule has 3 aliphatic heterocycles. The highest BCUT2D eigenvalue weighted by molar-refractivity contribution is 5.84. The van der Waals surface area contributed by atoms with Crippen molar-refractivity contribution < 1.29 is 33.5 Å². The van der Waals surface area contributed by atoms with Gasteiger partial charge in [0.1, 0.15) is 0 Å². The van der Waals surface area contributed by atoms with E-state index in [2.05, 4.69) is 23.1 Å². The standard InChI is InChI=1S/C15H19NO2.HI/c1-2-18-14(17)15-7-9-16(10-8-15)11-12-5-3-4-6-13(12)15;/h3-6H,2,7-11H2,1H3;1H/p-1. The summed E-state index contributed by atoms with van der Waals surface area (Å²) < 4.78 is 5.36. The number of nitrogens with zero attached hydrogens (tertiary/aromatic N) is 1. The van der Waals surface area contributed by atoms with Gasteiger partial charge in [-0.25, -0.2) is 0 Å². The van der Waals surface area contributed by atoms with Crippen LogP contribution in [-0.4, -0.2) is 30.6 Å². The smallest absolute Gasteiger partial charge is 0.316 e. The lowest BCUT2D eigenvalue weighted by Crippen LogP contribution is -3.00. The molecule has 4 rings (SSSR count). The molecule has 0 radical (unpaired) electrons. The Labute approximate surface area is 131 Å². The third kappa shape index (κ3) is 2.40. The van der Waals surface area contributed by atoms with Gasteiger partial charge in [-0.2, -0.15) is 0 Å². The molecule has 0 unspecified atom stereocenters. The topological polar surface area (TPSA) is 29.5 Å². The molecule has 0 atom stereocenters. The van der Waals surface area contributed by atoms with Gasteiger partial charge in [-0.3, -0.25) is 9.69 Å². The Morgan fingerprint density at radius 3 is 2.68 bits per heavy atom. The molecule has 3 aliphatic rings. The van der Waals surface area contributed by atoms with Gasteiger partial charge in [-0.05, 0) is 44.0 Å². The van der Waals surface area contributed by atoms with E-state index >= 15 is 0 Å². The highest BCUT2D eigenvalue weighted by Crippen LogP contribution is 2.42. The van der Waals surface area contributed by atoms with Crippen LogP contribution in [0, 0.1) is 0 Å². The Balaban J connectivity index is 0.00000133. The summed E-state index contributed by atoms with van der Waals surface area (Å²) in [5, 5.41) is 0. The molecule has 0 spiro atoms. The zero-order valence-electron chi connectivity index (χ0n) is 11.2. The third-order valence-electron chi connectivity index (χ3n) is 4.30. The number of esters is 1. The second kappa shape index (κ2) is 5.79. The van der Waals surface area contributed by atoms with Crippen molar-refractivity contribution in [3.8, 4) is 0 Å². The maximum atomic E-state index is 12.5. The van der Waals surface area contributed by atoms with E-state index in [9.17, 15) is 4.79 Å². The predicted molar refractivity (Wildman–Crippen MR) is 69.3 cm³/mol. The highest BCUT2D eigenvalue weighted by atomic mass is 127. The first-order chi connectivity index (χ1) is 8.76. The maximum absolute atomic E-state index is 12.5. The number of piperidine rings is 1. The SMILES string of the molecule is CCOC(=O)C12CCN(CC1)Cc1ccccc12.[I-]. The lowest BCUT2D eigenvalue weighted by molar-refractivity contribution is -0.152. The second-order valence-corrected chi connectivity index (χ2v) is 5.24. The number of benzene rings is 1. The molecule has 19 heavy (non-hydrogen) atoms. The van der Waals surface area contributed by atoms with Crippen LogP contribution >= 0.6 is 0 Å². The van der Waals surface area contributed by atoms with Crippen LogP contribution in [0.15, 0.2) is 24.3 Å². The molecule has 3 heterocycles. The van der Waals surface area contributed by atoms with Crippen LogP contribution in [0.1, 0.15) is 30.9 Å². The number of fused-ring (bicyclic) bond motifs is 2. The summed E-state index contributed by atoms with van der Waals surface area (Å²) >= 11 is 0. The average molecular weight is 372 g/mol. The molecule has 3 nitrogen and oxygen atoms in total. The van der Waals surface area contributed by atoms with E-state index < -0.39 is 0 Å². The number of halogens is 1. The van der Waals surface area contributed by atoms with Gasteiger partial charge in [0, 0.05) is 6.54 Å². The number of hydrogen-bond acceptors (Lipinski definition) is 3. The van der Waals surface area contributed by atoms with Crippen LogP contribution in [0.3, 0.4) is 0 Å². The van der Waals surface area contributed by atoms with Gasteiger partial charge in [-0.15, -0.1) is 0 Å². The van der Waals surface area contributed by atoms with Crippen LogP contribution in [-0.2, 0) is 21.5 Å². The fourth-order valence-electron chi connectivity index (χ4n) is 3.31. The van der Waals surface area contributed by atoms with Crippen LogP contribution in [0.25, 0.3) is 0 Å². The summed E-state index contributed by atoms with van der Waals surface area (Å²) in [6, 6.07) is 8.35. The summed E-state index contributed by atoms with van der Waals surface area (Å²) in [5.74, 6) is -0.0287. The van der Waals surface area contributed by atoms with Crippen molar-refractivity contribution in [3.05, 3.63) is 35.4 Å². The number of carbonyl (C=O) groups is 1. The first kappa shape index (κ1) is 14.8. The monoisotopic (exact) mass is 372 g/mol. The molecule has 0 aromatic heterocycles. The molecule has 1 aromatic carbocycles. The van der Waals surface area contributed by atoms with E-state index in [0.717, 1.165) is 32.5 Å². The fraction of sp³-hybridized carbons (Fsp3) is 0.533. The Kier molecular flexibility index (Phi) is 4.50. The van der Waals surface area contributed by atoms with Crippen molar-refractivity contribution in [1.82, 2.24) is 4.90 Å². The summed E-state index contributed by atoms with van der Waals surface area (Å²) in [4.78, 5) is 14.9. The molecular formula is C15H19INO2-. The summed E-state index contributed by atoms with van der Waals surface area (Å²) in [5.41, 5.74) is 2.10. The van der Waals surface area contributed by atoms with Gasteiger partial charge < -0.3 is 28.7 Å². The first-order valence-electron chi connectivity index (χ1n) is 6.74. The van der Waals surface area contributed by atoms with Crippen molar-refractivity contribution >= 4 is 5.97 Å². The number of carbonyl (C=O) groups excluding carboxylic acids is 1. The van der Waals surface area contributed by atoms with E-state index in [1.165, 1.54) is 11.1 Å². The van der Waals surface area contributed by atoms with Gasteiger partial charge in [0.15, 0.2) is 0 Å². The lowest BCUT2D eigenvalue weighted by atomic mass is 9.73. The molecule has 2 bridgehead atoms. The van der Waals surface area contributed by atoms with Gasteiger partial charge in [0.05, 0.1) is 12.0 Å². The van der Waals surface area contributed by atoms with Crippen LogP contribution < -0.4 is 24.0 Å². The van der Waals surface area contributed by atoms with Gasteiger partial charge in [0.25, 0.3) is 0 Å². The Morgan fingerprint density at radius 1 is 1.32 bits per heavy atom. The Morgan fingerprint density at radius 2 is 2.00 bits per heavy atom. The van der Waals surface area contributed by atoms with E-state index in [0.29, 0.717) is 6.61 Å². The molecule has 1 saturated heterocycles. The van der Waals surface area contributed by atoms with Gasteiger partial charge in [0.2, 0.25) is 0 Å². The summed E-state index contributed by atoms with van der Waals surface area (Å²) in [7, 11) is 0. The fourth-order valence-corrected chi connectivity index (χ4v) is 3.31. The van der Waals surface area contributed by atoms with Gasteiger partial charge in [-0.1, -0.05) is 24.3 Å². The molecule has 0 amide bonds. The largest absolute Gasteiger partial charge is 1.00 e.